The lowest BCUT2D eigenvalue weighted by Gasteiger charge is -2.27. The van der Waals surface area contributed by atoms with Gasteiger partial charge in [0.05, 0.1) is 4.90 Å². The van der Waals surface area contributed by atoms with Gasteiger partial charge in [-0.3, -0.25) is 4.79 Å². The van der Waals surface area contributed by atoms with E-state index in [0.29, 0.717) is 18.7 Å². The van der Waals surface area contributed by atoms with E-state index < -0.39 is 10.0 Å². The third-order valence-electron chi connectivity index (χ3n) is 5.16. The van der Waals surface area contributed by atoms with Crippen LogP contribution in [0.15, 0.2) is 29.2 Å². The molecule has 1 heterocycles. The quantitative estimate of drug-likeness (QED) is 0.852. The van der Waals surface area contributed by atoms with Crippen molar-refractivity contribution in [3.05, 3.63) is 29.8 Å². The van der Waals surface area contributed by atoms with Crippen molar-refractivity contribution in [3.63, 3.8) is 0 Å². The molecular weight excluding hydrogens is 338 g/mol. The predicted octanol–water partition coefficient (Wildman–Crippen LogP) is 1.86. The van der Waals surface area contributed by atoms with Gasteiger partial charge < -0.3 is 11.1 Å². The fourth-order valence-corrected chi connectivity index (χ4v) is 5.15. The average Bonchev–Trinajstić information content (AvgIpc) is 2.64. The van der Waals surface area contributed by atoms with Crippen molar-refractivity contribution >= 4 is 15.9 Å². The van der Waals surface area contributed by atoms with Gasteiger partial charge in [-0.2, -0.15) is 4.31 Å². The molecule has 2 aliphatic rings. The van der Waals surface area contributed by atoms with Crippen LogP contribution in [-0.2, 0) is 10.0 Å². The molecule has 1 saturated carbocycles. The monoisotopic (exact) mass is 365 g/mol. The zero-order chi connectivity index (χ0) is 17.9. The van der Waals surface area contributed by atoms with Gasteiger partial charge in [0.2, 0.25) is 10.0 Å². The standard InChI is InChI=1S/C18H27N3O3S/c19-15-7-9-16(10-8-15)20-18(22)14-5-4-6-17(13-14)25(23,24)21-11-2-1-3-12-21/h4-6,13,15-16H,1-3,7-12,19H2,(H,20,22). The van der Waals surface area contributed by atoms with E-state index in [9.17, 15) is 13.2 Å². The Morgan fingerprint density at radius 1 is 1.08 bits per heavy atom. The van der Waals surface area contributed by atoms with Gasteiger partial charge in [-0.05, 0) is 56.7 Å². The zero-order valence-corrected chi connectivity index (χ0v) is 15.3. The van der Waals surface area contributed by atoms with Crippen molar-refractivity contribution in [1.82, 2.24) is 9.62 Å². The van der Waals surface area contributed by atoms with Crippen molar-refractivity contribution in [1.29, 1.82) is 0 Å². The fraction of sp³-hybridized carbons (Fsp3) is 0.611. The molecular formula is C18H27N3O3S. The summed E-state index contributed by atoms with van der Waals surface area (Å²) in [6.07, 6.45) is 6.42. The first kappa shape index (κ1) is 18.4. The number of hydrogen-bond acceptors (Lipinski definition) is 4. The maximum atomic E-state index is 12.8. The highest BCUT2D eigenvalue weighted by Gasteiger charge is 2.27. The molecule has 1 aliphatic heterocycles. The third-order valence-corrected chi connectivity index (χ3v) is 7.05. The Balaban J connectivity index is 1.71. The van der Waals surface area contributed by atoms with Crippen molar-refractivity contribution in [3.8, 4) is 0 Å². The molecule has 0 spiro atoms. The smallest absolute Gasteiger partial charge is 0.251 e. The second kappa shape index (κ2) is 7.85. The van der Waals surface area contributed by atoms with Gasteiger partial charge in [0.25, 0.3) is 5.91 Å². The number of sulfonamides is 1. The SMILES string of the molecule is NC1CCC(NC(=O)c2cccc(S(=O)(=O)N3CCCCC3)c2)CC1. The predicted molar refractivity (Wildman–Crippen MR) is 96.7 cm³/mol. The summed E-state index contributed by atoms with van der Waals surface area (Å²) >= 11 is 0. The molecule has 3 rings (SSSR count). The molecule has 2 fully saturated rings. The Kier molecular flexibility index (Phi) is 5.76. The fourth-order valence-electron chi connectivity index (χ4n) is 3.58. The van der Waals surface area contributed by atoms with Crippen molar-refractivity contribution in [2.45, 2.75) is 61.9 Å². The Bertz CT molecular complexity index is 706. The highest BCUT2D eigenvalue weighted by atomic mass is 32.2. The van der Waals surface area contributed by atoms with E-state index in [1.807, 2.05) is 0 Å². The Morgan fingerprint density at radius 2 is 1.76 bits per heavy atom. The summed E-state index contributed by atoms with van der Waals surface area (Å²) in [5, 5.41) is 3.01. The summed E-state index contributed by atoms with van der Waals surface area (Å²) < 4.78 is 27.1. The second-order valence-electron chi connectivity index (χ2n) is 7.08. The van der Waals surface area contributed by atoms with Crippen molar-refractivity contribution < 1.29 is 13.2 Å². The Labute approximate surface area is 149 Å². The van der Waals surface area contributed by atoms with Crippen LogP contribution >= 0.6 is 0 Å². The lowest BCUT2D eigenvalue weighted by atomic mass is 9.91. The number of nitrogens with one attached hydrogen (secondary N) is 1. The van der Waals surface area contributed by atoms with Crippen LogP contribution in [0.5, 0.6) is 0 Å². The average molecular weight is 365 g/mol. The van der Waals surface area contributed by atoms with Crippen LogP contribution in [0.3, 0.4) is 0 Å². The van der Waals surface area contributed by atoms with Crippen LogP contribution in [0, 0.1) is 0 Å². The van der Waals surface area contributed by atoms with Crippen molar-refractivity contribution in [2.75, 3.05) is 13.1 Å². The molecule has 1 aliphatic carbocycles. The number of benzene rings is 1. The Hall–Kier alpha value is -1.44. The molecule has 1 saturated heterocycles. The van der Waals surface area contributed by atoms with Gasteiger partial charge in [-0.1, -0.05) is 12.5 Å². The summed E-state index contributed by atoms with van der Waals surface area (Å²) in [7, 11) is -3.52. The first-order valence-electron chi connectivity index (χ1n) is 9.13. The molecule has 0 radical (unpaired) electrons. The first-order chi connectivity index (χ1) is 12.0. The van der Waals surface area contributed by atoms with Gasteiger partial charge in [0.15, 0.2) is 0 Å². The van der Waals surface area contributed by atoms with Crippen LogP contribution in [0.25, 0.3) is 0 Å². The number of carbonyl (C=O) groups is 1. The molecule has 1 aromatic rings. The normalized spacial score (nSPS) is 25.5. The minimum atomic E-state index is -3.52. The Morgan fingerprint density at radius 3 is 2.44 bits per heavy atom. The van der Waals surface area contributed by atoms with Crippen molar-refractivity contribution in [2.24, 2.45) is 5.73 Å². The molecule has 6 nitrogen and oxygen atoms in total. The van der Waals surface area contributed by atoms with Gasteiger partial charge in [0, 0.05) is 30.7 Å². The number of nitrogens with two attached hydrogens (primary N) is 1. The van der Waals surface area contributed by atoms with Crippen LogP contribution in [0.1, 0.15) is 55.3 Å². The summed E-state index contributed by atoms with van der Waals surface area (Å²) in [4.78, 5) is 12.7. The highest BCUT2D eigenvalue weighted by molar-refractivity contribution is 7.89. The molecule has 0 atom stereocenters. The summed E-state index contributed by atoms with van der Waals surface area (Å²) in [5.41, 5.74) is 6.29. The molecule has 0 aromatic heterocycles. The van der Waals surface area contributed by atoms with Gasteiger partial charge in [-0.25, -0.2) is 8.42 Å². The molecule has 138 valence electrons. The number of amides is 1. The van der Waals surface area contributed by atoms with Crippen LogP contribution < -0.4 is 11.1 Å². The molecule has 0 bridgehead atoms. The minimum absolute atomic E-state index is 0.120. The van der Waals surface area contributed by atoms with E-state index in [4.69, 9.17) is 5.73 Å². The lowest BCUT2D eigenvalue weighted by molar-refractivity contribution is 0.0925. The lowest BCUT2D eigenvalue weighted by Crippen LogP contribution is -2.40. The van der Waals surface area contributed by atoms with Gasteiger partial charge >= 0.3 is 0 Å². The van der Waals surface area contributed by atoms with Crippen LogP contribution in [-0.4, -0.2) is 43.8 Å². The maximum Gasteiger partial charge on any atom is 0.251 e. The summed E-state index contributed by atoms with van der Waals surface area (Å²) in [6, 6.07) is 6.72. The highest BCUT2D eigenvalue weighted by Crippen LogP contribution is 2.22. The molecule has 1 amide bonds. The maximum absolute atomic E-state index is 12.8. The first-order valence-corrected chi connectivity index (χ1v) is 10.6. The van der Waals surface area contributed by atoms with Gasteiger partial charge in [-0.15, -0.1) is 0 Å². The molecule has 3 N–H and O–H groups in total. The number of piperidine rings is 1. The summed E-state index contributed by atoms with van der Waals surface area (Å²) in [6.45, 7) is 1.11. The third kappa shape index (κ3) is 4.40. The van der Waals surface area contributed by atoms with E-state index in [0.717, 1.165) is 44.9 Å². The largest absolute Gasteiger partial charge is 0.349 e. The van der Waals surface area contributed by atoms with Crippen LogP contribution in [0.2, 0.25) is 0 Å². The topological polar surface area (TPSA) is 92.5 Å². The van der Waals surface area contributed by atoms with E-state index >= 15 is 0 Å². The molecule has 1 aromatic carbocycles. The van der Waals surface area contributed by atoms with E-state index in [1.54, 1.807) is 18.2 Å². The number of carbonyl (C=O) groups excluding carboxylic acids is 1. The minimum Gasteiger partial charge on any atom is -0.349 e. The number of hydrogen-bond donors (Lipinski definition) is 2. The molecule has 0 unspecified atom stereocenters. The van der Waals surface area contributed by atoms with E-state index in [-0.39, 0.29) is 22.9 Å². The number of nitrogens with zero attached hydrogens (tertiary/aromatic N) is 1. The van der Waals surface area contributed by atoms with Gasteiger partial charge in [0.1, 0.15) is 0 Å². The second-order valence-corrected chi connectivity index (χ2v) is 9.02. The molecule has 7 heteroatoms. The molecule has 25 heavy (non-hydrogen) atoms. The van der Waals surface area contributed by atoms with E-state index in [2.05, 4.69) is 5.32 Å². The summed E-state index contributed by atoms with van der Waals surface area (Å²) in [5.74, 6) is -0.212. The van der Waals surface area contributed by atoms with E-state index in [1.165, 1.54) is 10.4 Å². The van der Waals surface area contributed by atoms with Crippen LogP contribution in [0.4, 0.5) is 0 Å². The zero-order valence-electron chi connectivity index (χ0n) is 14.5. The number of rotatable bonds is 4.